The van der Waals surface area contributed by atoms with Crippen LogP contribution in [0, 0.1) is 10.1 Å². The van der Waals surface area contributed by atoms with E-state index >= 15 is 0 Å². The molecule has 4 rings (SSSR count). The quantitative estimate of drug-likeness (QED) is 0.152. The first kappa shape index (κ1) is 18.6. The van der Waals surface area contributed by atoms with E-state index in [2.05, 4.69) is 9.97 Å². The Balaban J connectivity index is 1.71. The van der Waals surface area contributed by atoms with Crippen LogP contribution >= 0.6 is 11.8 Å². The zero-order valence-corrected chi connectivity index (χ0v) is 15.9. The maximum absolute atomic E-state index is 13.1. The van der Waals surface area contributed by atoms with Gasteiger partial charge in [-0.3, -0.25) is 14.9 Å². The number of para-hydroxylation sites is 2. The molecule has 142 valence electrons. The molecule has 0 amide bonds. The number of nitro benzene ring substituents is 1. The summed E-state index contributed by atoms with van der Waals surface area (Å²) >= 11 is 1.23. The van der Waals surface area contributed by atoms with E-state index in [9.17, 15) is 14.9 Å². The summed E-state index contributed by atoms with van der Waals surface area (Å²) in [4.78, 5) is 31.7. The predicted molar refractivity (Wildman–Crippen MR) is 114 cm³/mol. The lowest BCUT2D eigenvalue weighted by molar-refractivity contribution is -0.384. The molecule has 0 atom stereocenters. The van der Waals surface area contributed by atoms with Crippen molar-refractivity contribution in [2.24, 2.45) is 0 Å². The highest BCUT2D eigenvalue weighted by molar-refractivity contribution is 8.04. The predicted octanol–water partition coefficient (Wildman–Crippen LogP) is 5.49. The topological polar surface area (TPSA) is 88.9 Å². The number of nitrogens with zero attached hydrogens (tertiary/aromatic N) is 2. The lowest BCUT2D eigenvalue weighted by Gasteiger charge is -2.05. The minimum Gasteiger partial charge on any atom is -0.333 e. The van der Waals surface area contributed by atoms with Crippen molar-refractivity contribution < 1.29 is 9.72 Å². The number of nitrogens with one attached hydrogen (secondary N) is 1. The van der Waals surface area contributed by atoms with Crippen molar-refractivity contribution in [1.29, 1.82) is 0 Å². The summed E-state index contributed by atoms with van der Waals surface area (Å²) in [6, 6.07) is 22.7. The molecule has 3 aromatic carbocycles. The van der Waals surface area contributed by atoms with Crippen LogP contribution in [-0.2, 0) is 0 Å². The summed E-state index contributed by atoms with van der Waals surface area (Å²) in [6.45, 7) is 0. The van der Waals surface area contributed by atoms with Crippen molar-refractivity contribution in [3.05, 3.63) is 105 Å². The third-order valence-electron chi connectivity index (χ3n) is 4.24. The van der Waals surface area contributed by atoms with E-state index in [1.54, 1.807) is 30.3 Å². The second-order valence-electron chi connectivity index (χ2n) is 6.21. The van der Waals surface area contributed by atoms with E-state index in [0.29, 0.717) is 21.2 Å². The molecule has 0 aliphatic heterocycles. The number of carbonyl (C=O) groups is 1. The summed E-state index contributed by atoms with van der Waals surface area (Å²) in [6.07, 6.45) is 1.72. The van der Waals surface area contributed by atoms with Gasteiger partial charge in [-0.2, -0.15) is 0 Å². The third-order valence-corrected chi connectivity index (χ3v) is 5.15. The molecule has 1 heterocycles. The molecule has 4 aromatic rings. The Bertz CT molecular complexity index is 1180. The number of H-pyrrole nitrogens is 1. The number of hydrogen-bond donors (Lipinski definition) is 1. The smallest absolute Gasteiger partial charge is 0.269 e. The fourth-order valence-electron chi connectivity index (χ4n) is 2.80. The highest BCUT2D eigenvalue weighted by Crippen LogP contribution is 2.31. The molecule has 7 heteroatoms. The lowest BCUT2D eigenvalue weighted by atomic mass is 10.1. The van der Waals surface area contributed by atoms with Gasteiger partial charge in [-0.25, -0.2) is 4.98 Å². The summed E-state index contributed by atoms with van der Waals surface area (Å²) < 4.78 is 0. The van der Waals surface area contributed by atoms with Gasteiger partial charge in [-0.1, -0.05) is 42.5 Å². The maximum atomic E-state index is 13.1. The van der Waals surface area contributed by atoms with Crippen LogP contribution in [0.5, 0.6) is 0 Å². The van der Waals surface area contributed by atoms with Crippen LogP contribution in [0.25, 0.3) is 17.1 Å². The fourth-order valence-corrected chi connectivity index (χ4v) is 3.72. The van der Waals surface area contributed by atoms with Crippen LogP contribution in [0.1, 0.15) is 15.9 Å². The van der Waals surface area contributed by atoms with Crippen molar-refractivity contribution in [1.82, 2.24) is 9.97 Å². The number of Topliss-reactive ketones (excluding diaryl/α,β-unsaturated/α-hetero) is 1. The molecule has 0 spiro atoms. The van der Waals surface area contributed by atoms with Crippen molar-refractivity contribution in [3.8, 4) is 0 Å². The number of nitro groups is 1. The van der Waals surface area contributed by atoms with Crippen LogP contribution in [-0.4, -0.2) is 20.7 Å². The van der Waals surface area contributed by atoms with Gasteiger partial charge in [0, 0.05) is 17.7 Å². The molecule has 1 N–H and O–H groups in total. The summed E-state index contributed by atoms with van der Waals surface area (Å²) in [5.41, 5.74) is 2.96. The van der Waals surface area contributed by atoms with Crippen LogP contribution in [0.3, 0.4) is 0 Å². The normalized spacial score (nSPS) is 11.5. The van der Waals surface area contributed by atoms with Gasteiger partial charge < -0.3 is 4.98 Å². The first-order valence-electron chi connectivity index (χ1n) is 8.79. The number of fused-ring (bicyclic) bond motifs is 1. The van der Waals surface area contributed by atoms with E-state index in [4.69, 9.17) is 0 Å². The Kier molecular flexibility index (Phi) is 5.22. The zero-order valence-electron chi connectivity index (χ0n) is 15.1. The minimum absolute atomic E-state index is 0.00280. The first-order valence-corrected chi connectivity index (χ1v) is 9.60. The van der Waals surface area contributed by atoms with Gasteiger partial charge in [-0.15, -0.1) is 0 Å². The molecule has 0 saturated heterocycles. The van der Waals surface area contributed by atoms with Crippen LogP contribution in [0.4, 0.5) is 5.69 Å². The Hall–Kier alpha value is -3.71. The van der Waals surface area contributed by atoms with Gasteiger partial charge in [0.25, 0.3) is 5.69 Å². The molecular formula is C22H15N3O3S. The second kappa shape index (κ2) is 8.12. The number of aromatic amines is 1. The average molecular weight is 401 g/mol. The molecule has 6 nitrogen and oxygen atoms in total. The van der Waals surface area contributed by atoms with Gasteiger partial charge >= 0.3 is 0 Å². The van der Waals surface area contributed by atoms with Gasteiger partial charge in [0.05, 0.1) is 20.9 Å². The van der Waals surface area contributed by atoms with Crippen molar-refractivity contribution >= 4 is 40.3 Å². The van der Waals surface area contributed by atoms with Crippen molar-refractivity contribution in [2.45, 2.75) is 5.16 Å². The van der Waals surface area contributed by atoms with Gasteiger partial charge in [-0.05, 0) is 47.7 Å². The Morgan fingerprint density at radius 2 is 1.66 bits per heavy atom. The second-order valence-corrected chi connectivity index (χ2v) is 7.24. The molecule has 0 aliphatic rings. The molecule has 0 radical (unpaired) electrons. The Labute approximate surface area is 170 Å². The number of non-ortho nitro benzene ring substituents is 1. The Morgan fingerprint density at radius 3 is 2.34 bits per heavy atom. The number of ketones is 1. The molecule has 0 unspecified atom stereocenters. The van der Waals surface area contributed by atoms with E-state index in [1.165, 1.54) is 23.9 Å². The molecule has 0 bridgehead atoms. The highest BCUT2D eigenvalue weighted by atomic mass is 32.2. The van der Waals surface area contributed by atoms with Gasteiger partial charge in [0.15, 0.2) is 10.9 Å². The fraction of sp³-hybridized carbons (Fsp3) is 0. The molecule has 0 fully saturated rings. The number of hydrogen-bond acceptors (Lipinski definition) is 5. The molecular weight excluding hydrogens is 386 g/mol. The molecule has 0 saturated carbocycles. The zero-order chi connectivity index (χ0) is 20.2. The van der Waals surface area contributed by atoms with E-state index < -0.39 is 4.92 Å². The number of imidazole rings is 1. The van der Waals surface area contributed by atoms with Crippen LogP contribution < -0.4 is 0 Å². The maximum Gasteiger partial charge on any atom is 0.269 e. The first-order chi connectivity index (χ1) is 14.1. The minimum atomic E-state index is -0.452. The van der Waals surface area contributed by atoms with E-state index in [0.717, 1.165) is 11.0 Å². The number of allylic oxidation sites excluding steroid dienone is 1. The van der Waals surface area contributed by atoms with Crippen LogP contribution in [0.2, 0.25) is 0 Å². The van der Waals surface area contributed by atoms with E-state index in [1.807, 2.05) is 42.5 Å². The lowest BCUT2D eigenvalue weighted by Crippen LogP contribution is -2.01. The number of carbonyl (C=O) groups excluding carboxylic acids is 1. The standard InChI is InChI=1S/C22H15N3O3S/c26-21(16-6-2-1-3-7-16)20(14-15-10-12-17(13-11-15)25(27)28)29-22-23-18-8-4-5-9-19(18)24-22/h1-14H,(H,23,24)/b20-14-. The van der Waals surface area contributed by atoms with Crippen LogP contribution in [0.15, 0.2) is 88.9 Å². The number of benzene rings is 3. The van der Waals surface area contributed by atoms with Gasteiger partial charge in [0.2, 0.25) is 0 Å². The van der Waals surface area contributed by atoms with Crippen molar-refractivity contribution in [2.75, 3.05) is 0 Å². The summed E-state index contributed by atoms with van der Waals surface area (Å²) in [5, 5.41) is 11.5. The number of rotatable bonds is 6. The number of thioether (sulfide) groups is 1. The summed E-state index contributed by atoms with van der Waals surface area (Å²) in [7, 11) is 0. The van der Waals surface area contributed by atoms with Crippen molar-refractivity contribution in [3.63, 3.8) is 0 Å². The SMILES string of the molecule is O=C(/C(=C/c1ccc([N+](=O)[O-])cc1)Sc1nc2ccccc2[nH]1)c1ccccc1. The molecule has 29 heavy (non-hydrogen) atoms. The monoisotopic (exact) mass is 401 g/mol. The summed E-state index contributed by atoms with van der Waals surface area (Å²) in [5.74, 6) is -0.144. The van der Waals surface area contributed by atoms with E-state index in [-0.39, 0.29) is 11.5 Å². The average Bonchev–Trinajstić information content (AvgIpc) is 3.16. The van der Waals surface area contributed by atoms with Gasteiger partial charge in [0.1, 0.15) is 0 Å². The Morgan fingerprint density at radius 1 is 0.966 bits per heavy atom. The number of aromatic nitrogens is 2. The highest BCUT2D eigenvalue weighted by Gasteiger charge is 2.16. The molecule has 0 aliphatic carbocycles. The largest absolute Gasteiger partial charge is 0.333 e. The third kappa shape index (κ3) is 4.25. The molecule has 1 aromatic heterocycles.